The third-order valence-corrected chi connectivity index (χ3v) is 4.70. The molecule has 1 N–H and O–H groups in total. The number of para-hydroxylation sites is 1. The van der Waals surface area contributed by atoms with Crippen molar-refractivity contribution in [3.63, 3.8) is 0 Å². The average molecular weight is 339 g/mol. The minimum Gasteiger partial charge on any atom is -0.508 e. The van der Waals surface area contributed by atoms with Crippen LogP contribution in [0.1, 0.15) is 39.9 Å². The molecular weight excluding hydrogens is 314 g/mol. The minimum absolute atomic E-state index is 0.0174. The van der Waals surface area contributed by atoms with Gasteiger partial charge < -0.3 is 14.7 Å². The highest BCUT2D eigenvalue weighted by Crippen LogP contribution is 2.22. The van der Waals surface area contributed by atoms with Crippen molar-refractivity contribution in [3.05, 3.63) is 64.7 Å². The van der Waals surface area contributed by atoms with Crippen molar-refractivity contribution in [2.24, 2.45) is 0 Å². The lowest BCUT2D eigenvalue weighted by atomic mass is 10.0. The minimum atomic E-state index is -0.0174. The van der Waals surface area contributed by atoms with E-state index in [2.05, 4.69) is 0 Å². The molecule has 1 aliphatic heterocycles. The molecule has 132 valence electrons. The molecule has 1 aliphatic rings. The van der Waals surface area contributed by atoms with E-state index in [1.807, 2.05) is 44.2 Å². The summed E-state index contributed by atoms with van der Waals surface area (Å²) >= 11 is 0. The third-order valence-electron chi connectivity index (χ3n) is 4.70. The van der Waals surface area contributed by atoms with Crippen LogP contribution in [-0.4, -0.2) is 35.2 Å². The zero-order valence-corrected chi connectivity index (χ0v) is 14.9. The first kappa shape index (κ1) is 17.5. The molecule has 1 atom stereocenters. The fraction of sp³-hybridized carbons (Fsp3) is 0.381. The molecule has 0 bridgehead atoms. The second-order valence-electron chi connectivity index (χ2n) is 6.77. The highest BCUT2D eigenvalue weighted by atomic mass is 16.5. The van der Waals surface area contributed by atoms with Crippen molar-refractivity contribution in [2.45, 2.75) is 39.3 Å². The number of hydrogen-bond acceptors (Lipinski definition) is 3. The fourth-order valence-electron chi connectivity index (χ4n) is 3.33. The van der Waals surface area contributed by atoms with E-state index in [-0.39, 0.29) is 17.8 Å². The zero-order valence-electron chi connectivity index (χ0n) is 14.9. The Hall–Kier alpha value is -2.33. The van der Waals surface area contributed by atoms with Crippen LogP contribution in [0.5, 0.6) is 5.75 Å². The normalized spacial score (nSPS) is 16.8. The Morgan fingerprint density at radius 2 is 2.04 bits per heavy atom. The summed E-state index contributed by atoms with van der Waals surface area (Å²) < 4.78 is 5.73. The van der Waals surface area contributed by atoms with Crippen LogP contribution >= 0.6 is 0 Å². The molecule has 0 saturated carbocycles. The van der Waals surface area contributed by atoms with E-state index in [9.17, 15) is 9.90 Å². The highest BCUT2D eigenvalue weighted by molar-refractivity contribution is 5.95. The largest absolute Gasteiger partial charge is 0.508 e. The molecule has 4 heteroatoms. The second kappa shape index (κ2) is 7.70. The van der Waals surface area contributed by atoms with Crippen LogP contribution in [0.2, 0.25) is 0 Å². The van der Waals surface area contributed by atoms with Crippen LogP contribution in [0.15, 0.2) is 42.5 Å². The number of phenolic OH excluding ortho intramolecular Hbond substituents is 1. The first-order chi connectivity index (χ1) is 12.0. The van der Waals surface area contributed by atoms with E-state index < -0.39 is 0 Å². The molecule has 2 aromatic rings. The molecule has 1 unspecified atom stereocenters. The van der Waals surface area contributed by atoms with Gasteiger partial charge >= 0.3 is 0 Å². The van der Waals surface area contributed by atoms with Crippen LogP contribution in [-0.2, 0) is 11.3 Å². The van der Waals surface area contributed by atoms with Gasteiger partial charge in [0.05, 0.1) is 6.10 Å². The molecule has 1 saturated heterocycles. The fourth-order valence-corrected chi connectivity index (χ4v) is 3.33. The standard InChI is InChI=1S/C21H25NO3/c1-15-9-10-19(16(2)12-15)21(24)22(14-18-7-5-11-25-18)13-17-6-3-4-8-20(17)23/h3-4,6,8-10,12,18,23H,5,7,11,13-14H2,1-2H3. The summed E-state index contributed by atoms with van der Waals surface area (Å²) in [4.78, 5) is 15.0. The Labute approximate surface area is 149 Å². The first-order valence-electron chi connectivity index (χ1n) is 8.79. The van der Waals surface area contributed by atoms with Crippen LogP contribution in [0.4, 0.5) is 0 Å². The van der Waals surface area contributed by atoms with E-state index in [0.717, 1.165) is 36.1 Å². The van der Waals surface area contributed by atoms with Gasteiger partial charge in [-0.2, -0.15) is 0 Å². The lowest BCUT2D eigenvalue weighted by Gasteiger charge is -2.26. The summed E-state index contributed by atoms with van der Waals surface area (Å²) in [6, 6.07) is 13.0. The van der Waals surface area contributed by atoms with Crippen LogP contribution in [0.3, 0.4) is 0 Å². The summed E-state index contributed by atoms with van der Waals surface area (Å²) in [5.41, 5.74) is 3.57. The zero-order chi connectivity index (χ0) is 17.8. The van der Waals surface area contributed by atoms with Crippen molar-refractivity contribution < 1.29 is 14.6 Å². The van der Waals surface area contributed by atoms with Crippen LogP contribution < -0.4 is 0 Å². The predicted octanol–water partition coefficient (Wildman–Crippen LogP) is 3.83. The number of carbonyl (C=O) groups is 1. The van der Waals surface area contributed by atoms with E-state index in [1.165, 1.54) is 0 Å². The summed E-state index contributed by atoms with van der Waals surface area (Å²) in [7, 11) is 0. The maximum Gasteiger partial charge on any atom is 0.254 e. The van der Waals surface area contributed by atoms with Crippen molar-refractivity contribution in [1.82, 2.24) is 4.90 Å². The quantitative estimate of drug-likeness (QED) is 0.901. The number of amides is 1. The molecule has 3 rings (SSSR count). The maximum absolute atomic E-state index is 13.2. The molecule has 0 spiro atoms. The first-order valence-corrected chi connectivity index (χ1v) is 8.79. The monoisotopic (exact) mass is 339 g/mol. The average Bonchev–Trinajstić information content (AvgIpc) is 3.09. The van der Waals surface area contributed by atoms with Crippen molar-refractivity contribution in [1.29, 1.82) is 0 Å². The molecule has 1 fully saturated rings. The van der Waals surface area contributed by atoms with Gasteiger partial charge in [-0.05, 0) is 44.4 Å². The topological polar surface area (TPSA) is 49.8 Å². The van der Waals surface area contributed by atoms with Gasteiger partial charge in [-0.3, -0.25) is 4.79 Å². The molecule has 1 amide bonds. The Bertz CT molecular complexity index is 751. The summed E-state index contributed by atoms with van der Waals surface area (Å²) in [5, 5.41) is 10.1. The van der Waals surface area contributed by atoms with Crippen molar-refractivity contribution in [2.75, 3.05) is 13.2 Å². The number of hydrogen-bond donors (Lipinski definition) is 1. The van der Waals surface area contributed by atoms with Gasteiger partial charge in [-0.25, -0.2) is 0 Å². The van der Waals surface area contributed by atoms with Crippen molar-refractivity contribution in [3.8, 4) is 5.75 Å². The molecule has 0 aromatic heterocycles. The predicted molar refractivity (Wildman–Crippen MR) is 97.7 cm³/mol. The molecule has 25 heavy (non-hydrogen) atoms. The molecule has 1 heterocycles. The lowest BCUT2D eigenvalue weighted by Crippen LogP contribution is -2.37. The van der Waals surface area contributed by atoms with Crippen LogP contribution in [0.25, 0.3) is 0 Å². The lowest BCUT2D eigenvalue weighted by molar-refractivity contribution is 0.0505. The summed E-state index contributed by atoms with van der Waals surface area (Å²) in [6.07, 6.45) is 2.07. The van der Waals surface area contributed by atoms with Gasteiger partial charge in [-0.1, -0.05) is 35.9 Å². The smallest absolute Gasteiger partial charge is 0.254 e. The number of nitrogens with zero attached hydrogens (tertiary/aromatic N) is 1. The SMILES string of the molecule is Cc1ccc(C(=O)N(Cc2ccccc2O)CC2CCCO2)c(C)c1. The van der Waals surface area contributed by atoms with E-state index in [4.69, 9.17) is 4.74 Å². The Kier molecular flexibility index (Phi) is 5.39. The molecule has 4 nitrogen and oxygen atoms in total. The number of carbonyl (C=O) groups excluding carboxylic acids is 1. The molecule has 0 aliphatic carbocycles. The third kappa shape index (κ3) is 4.20. The Balaban J connectivity index is 1.86. The number of aromatic hydroxyl groups is 1. The highest BCUT2D eigenvalue weighted by Gasteiger charge is 2.25. The van der Waals surface area contributed by atoms with Gasteiger partial charge in [0, 0.05) is 30.8 Å². The molecular formula is C21H25NO3. The van der Waals surface area contributed by atoms with Gasteiger partial charge in [0.15, 0.2) is 0 Å². The van der Waals surface area contributed by atoms with Gasteiger partial charge in [0.25, 0.3) is 5.91 Å². The number of rotatable bonds is 5. The number of ether oxygens (including phenoxy) is 1. The Morgan fingerprint density at radius 3 is 2.72 bits per heavy atom. The van der Waals surface area contributed by atoms with E-state index in [0.29, 0.717) is 18.7 Å². The number of benzene rings is 2. The van der Waals surface area contributed by atoms with Gasteiger partial charge in [0.2, 0.25) is 0 Å². The van der Waals surface area contributed by atoms with Gasteiger partial charge in [-0.15, -0.1) is 0 Å². The Morgan fingerprint density at radius 1 is 1.24 bits per heavy atom. The second-order valence-corrected chi connectivity index (χ2v) is 6.77. The van der Waals surface area contributed by atoms with Gasteiger partial charge in [0.1, 0.15) is 5.75 Å². The van der Waals surface area contributed by atoms with Crippen LogP contribution in [0, 0.1) is 13.8 Å². The summed E-state index contributed by atoms with van der Waals surface area (Å²) in [5.74, 6) is 0.199. The van der Waals surface area contributed by atoms with Crippen molar-refractivity contribution >= 4 is 5.91 Å². The molecule has 0 radical (unpaired) electrons. The maximum atomic E-state index is 13.2. The molecule has 2 aromatic carbocycles. The number of aryl methyl sites for hydroxylation is 2. The summed E-state index contributed by atoms with van der Waals surface area (Å²) in [6.45, 7) is 5.66. The van der Waals surface area contributed by atoms with E-state index in [1.54, 1.807) is 17.0 Å². The number of phenols is 1. The van der Waals surface area contributed by atoms with E-state index >= 15 is 0 Å².